The van der Waals surface area contributed by atoms with Crippen LogP contribution >= 0.6 is 0 Å². The molecule has 0 amide bonds. The van der Waals surface area contributed by atoms with Gasteiger partial charge < -0.3 is 19.1 Å². The number of nitrogens with zero attached hydrogens (tertiary/aromatic N) is 2. The van der Waals surface area contributed by atoms with Crippen LogP contribution in [-0.2, 0) is 32.7 Å². The van der Waals surface area contributed by atoms with Gasteiger partial charge in [-0.05, 0) is 60.2 Å². The van der Waals surface area contributed by atoms with Gasteiger partial charge in [-0.15, -0.1) is 0 Å². The van der Waals surface area contributed by atoms with Crippen LogP contribution in [0.15, 0.2) is 60.7 Å². The van der Waals surface area contributed by atoms with Crippen molar-refractivity contribution in [2.24, 2.45) is 0 Å². The molecular formula is C30H34N2O3. The second kappa shape index (κ2) is 9.40. The highest BCUT2D eigenvalue weighted by Gasteiger charge is 2.35. The minimum absolute atomic E-state index is 0. The third-order valence-corrected chi connectivity index (χ3v) is 7.49. The molecule has 4 aromatic rings. The fourth-order valence-corrected chi connectivity index (χ4v) is 5.69. The average Bonchev–Trinajstić information content (AvgIpc) is 3.19. The first kappa shape index (κ1) is 23.5. The van der Waals surface area contributed by atoms with E-state index in [9.17, 15) is 5.11 Å². The molecule has 2 aliphatic rings. The Bertz CT molecular complexity index is 1360. The van der Waals surface area contributed by atoms with E-state index in [1.807, 2.05) is 6.07 Å². The molecule has 3 aromatic carbocycles. The van der Waals surface area contributed by atoms with E-state index < -0.39 is 0 Å². The third kappa shape index (κ3) is 3.99. The number of para-hydroxylation sites is 1. The monoisotopic (exact) mass is 470 g/mol. The number of aliphatic hydroxyl groups is 1. The maximum atomic E-state index is 10.1. The summed E-state index contributed by atoms with van der Waals surface area (Å²) in [5, 5.41) is 11.4. The second-order valence-electron chi connectivity index (χ2n) is 9.43. The highest BCUT2D eigenvalue weighted by Crippen LogP contribution is 2.44. The Morgan fingerprint density at radius 3 is 2.60 bits per heavy atom. The normalized spacial score (nSPS) is 16.7. The van der Waals surface area contributed by atoms with Gasteiger partial charge in [0.15, 0.2) is 11.5 Å². The molecule has 0 fully saturated rings. The standard InChI is InChI=1S/C29H30N2O3.CH4/c1-19-7-9-20(10-8-19)17-34-29-15-23-21(13-28(29)33-2)11-12-30-16-27-24(14-26(23)30)22-5-3-4-6-25(22)31(27)18-32;/h3-10,13,15,26,32H,11-12,14,16-18H2,1-2H3;1H4. The second-order valence-corrected chi connectivity index (χ2v) is 9.43. The van der Waals surface area contributed by atoms with Crippen molar-refractivity contribution in [3.05, 3.63) is 94.2 Å². The summed E-state index contributed by atoms with van der Waals surface area (Å²) in [6.45, 7) is 4.46. The Kier molecular flexibility index (Phi) is 6.30. The molecule has 6 rings (SSSR count). The van der Waals surface area contributed by atoms with Crippen LogP contribution in [0, 0.1) is 6.92 Å². The van der Waals surface area contributed by atoms with Crippen LogP contribution in [0.25, 0.3) is 10.9 Å². The fraction of sp³-hybridized carbons (Fsp3) is 0.333. The molecule has 1 atom stereocenters. The first-order chi connectivity index (χ1) is 16.7. The maximum Gasteiger partial charge on any atom is 0.162 e. The van der Waals surface area contributed by atoms with Crippen molar-refractivity contribution in [1.29, 1.82) is 0 Å². The van der Waals surface area contributed by atoms with Crippen molar-refractivity contribution < 1.29 is 14.6 Å². The molecule has 1 N–H and O–H groups in total. The van der Waals surface area contributed by atoms with Gasteiger partial charge in [0.05, 0.1) is 12.6 Å². The summed E-state index contributed by atoms with van der Waals surface area (Å²) >= 11 is 0. The summed E-state index contributed by atoms with van der Waals surface area (Å²) in [5.74, 6) is 1.60. The lowest BCUT2D eigenvalue weighted by Gasteiger charge is -2.41. The molecule has 0 spiro atoms. The number of aliphatic hydroxyl groups excluding tert-OH is 1. The summed E-state index contributed by atoms with van der Waals surface area (Å²) in [4.78, 5) is 2.55. The Labute approximate surface area is 207 Å². The zero-order valence-electron chi connectivity index (χ0n) is 19.8. The van der Waals surface area contributed by atoms with Gasteiger partial charge in [0.25, 0.3) is 0 Å². The minimum atomic E-state index is 0. The predicted octanol–water partition coefficient (Wildman–Crippen LogP) is 5.78. The number of aromatic nitrogens is 1. The molecule has 5 heteroatoms. The average molecular weight is 471 g/mol. The number of methoxy groups -OCH3 is 1. The fourth-order valence-electron chi connectivity index (χ4n) is 5.69. The lowest BCUT2D eigenvalue weighted by atomic mass is 9.85. The number of aryl methyl sites for hydroxylation is 1. The smallest absolute Gasteiger partial charge is 0.162 e. The van der Waals surface area contributed by atoms with E-state index in [4.69, 9.17) is 9.47 Å². The van der Waals surface area contributed by atoms with Gasteiger partial charge >= 0.3 is 0 Å². The van der Waals surface area contributed by atoms with Gasteiger partial charge in [-0.2, -0.15) is 0 Å². The zero-order valence-corrected chi connectivity index (χ0v) is 19.8. The van der Waals surface area contributed by atoms with Gasteiger partial charge in [0.1, 0.15) is 13.3 Å². The van der Waals surface area contributed by atoms with Gasteiger partial charge in [0, 0.05) is 30.2 Å². The minimum Gasteiger partial charge on any atom is -0.493 e. The van der Waals surface area contributed by atoms with Crippen molar-refractivity contribution in [2.45, 2.75) is 53.1 Å². The van der Waals surface area contributed by atoms with Crippen molar-refractivity contribution in [3.63, 3.8) is 0 Å². The van der Waals surface area contributed by atoms with Crippen LogP contribution < -0.4 is 9.47 Å². The largest absolute Gasteiger partial charge is 0.493 e. The SMILES string of the molecule is C.COc1cc2c(cc1OCc1ccc(C)cc1)C1Cc3c(n(CO)c4ccccc34)CN1CC2. The topological polar surface area (TPSA) is 46.9 Å². The summed E-state index contributed by atoms with van der Waals surface area (Å²) < 4.78 is 14.1. The van der Waals surface area contributed by atoms with Crippen LogP contribution in [-0.4, -0.2) is 28.2 Å². The van der Waals surface area contributed by atoms with Crippen LogP contribution in [0.3, 0.4) is 0 Å². The molecule has 0 aliphatic carbocycles. The molecular weight excluding hydrogens is 436 g/mol. The molecule has 5 nitrogen and oxygen atoms in total. The summed E-state index contributed by atoms with van der Waals surface area (Å²) in [6, 6.07) is 21.6. The van der Waals surface area contributed by atoms with Crippen LogP contribution in [0.4, 0.5) is 0 Å². The quantitative estimate of drug-likeness (QED) is 0.402. The molecule has 3 heterocycles. The number of rotatable bonds is 5. The molecule has 1 aromatic heterocycles. The lowest BCUT2D eigenvalue weighted by molar-refractivity contribution is 0.145. The number of hydrogen-bond donors (Lipinski definition) is 1. The van der Waals surface area contributed by atoms with Gasteiger partial charge in [-0.1, -0.05) is 55.5 Å². The highest BCUT2D eigenvalue weighted by atomic mass is 16.5. The number of hydrogen-bond acceptors (Lipinski definition) is 4. The Morgan fingerprint density at radius 2 is 1.83 bits per heavy atom. The molecule has 1 unspecified atom stereocenters. The third-order valence-electron chi connectivity index (χ3n) is 7.49. The van der Waals surface area contributed by atoms with Crippen LogP contribution in [0.2, 0.25) is 0 Å². The van der Waals surface area contributed by atoms with Crippen molar-refractivity contribution in [1.82, 2.24) is 9.47 Å². The molecule has 35 heavy (non-hydrogen) atoms. The van der Waals surface area contributed by atoms with E-state index in [1.165, 1.54) is 33.3 Å². The molecule has 182 valence electrons. The van der Waals surface area contributed by atoms with E-state index in [0.717, 1.165) is 48.5 Å². The molecule has 0 saturated carbocycles. The number of fused-ring (bicyclic) bond motifs is 6. The maximum absolute atomic E-state index is 10.1. The van der Waals surface area contributed by atoms with E-state index in [-0.39, 0.29) is 14.2 Å². The highest BCUT2D eigenvalue weighted by molar-refractivity contribution is 5.86. The number of ether oxygens (including phenoxy) is 2. The summed E-state index contributed by atoms with van der Waals surface area (Å²) in [6.07, 6.45) is 1.91. The zero-order chi connectivity index (χ0) is 23.2. The Hall–Kier alpha value is -3.28. The van der Waals surface area contributed by atoms with E-state index in [0.29, 0.717) is 12.6 Å². The van der Waals surface area contributed by atoms with Gasteiger partial charge in [-0.3, -0.25) is 4.90 Å². The van der Waals surface area contributed by atoms with Crippen LogP contribution in [0.1, 0.15) is 47.0 Å². The summed E-state index contributed by atoms with van der Waals surface area (Å²) in [5.41, 5.74) is 8.78. The van der Waals surface area contributed by atoms with Gasteiger partial charge in [-0.25, -0.2) is 0 Å². The first-order valence-electron chi connectivity index (χ1n) is 12.0. The number of benzene rings is 3. The molecule has 2 aliphatic heterocycles. The van der Waals surface area contributed by atoms with E-state index >= 15 is 0 Å². The first-order valence-corrected chi connectivity index (χ1v) is 12.0. The van der Waals surface area contributed by atoms with E-state index in [2.05, 4.69) is 71.0 Å². The van der Waals surface area contributed by atoms with Crippen molar-refractivity contribution in [3.8, 4) is 11.5 Å². The summed E-state index contributed by atoms with van der Waals surface area (Å²) in [7, 11) is 1.71. The van der Waals surface area contributed by atoms with E-state index in [1.54, 1.807) is 7.11 Å². The lowest BCUT2D eigenvalue weighted by Crippen LogP contribution is -2.39. The van der Waals surface area contributed by atoms with Crippen LogP contribution in [0.5, 0.6) is 11.5 Å². The molecule has 0 radical (unpaired) electrons. The van der Waals surface area contributed by atoms with Crippen molar-refractivity contribution in [2.75, 3.05) is 13.7 Å². The molecule has 0 saturated heterocycles. The van der Waals surface area contributed by atoms with Gasteiger partial charge in [0.2, 0.25) is 0 Å². The van der Waals surface area contributed by atoms with Crippen molar-refractivity contribution >= 4 is 10.9 Å². The Balaban J connectivity index is 0.00000253. The molecule has 0 bridgehead atoms. The predicted molar refractivity (Wildman–Crippen MR) is 140 cm³/mol. The Morgan fingerprint density at radius 1 is 1.03 bits per heavy atom.